The predicted molar refractivity (Wildman–Crippen MR) is 55.2 cm³/mol. The summed E-state index contributed by atoms with van der Waals surface area (Å²) in [6, 6.07) is -0.746. The first-order valence-electron chi connectivity index (χ1n) is 4.78. The number of likely N-dealkylation sites (tertiary alicyclic amines) is 1. The minimum absolute atomic E-state index is 0.279. The SMILES string of the molecule is CN1CCC(NS(=O)(=O)CCC(=O)O)C1=O. The Kier molecular flexibility index (Phi) is 3.87. The Labute approximate surface area is 93.5 Å². The summed E-state index contributed by atoms with van der Waals surface area (Å²) in [5.74, 6) is -1.96. The first kappa shape index (κ1) is 12.9. The van der Waals surface area contributed by atoms with Crippen molar-refractivity contribution >= 4 is 21.9 Å². The van der Waals surface area contributed by atoms with E-state index in [2.05, 4.69) is 4.72 Å². The van der Waals surface area contributed by atoms with Crippen molar-refractivity contribution in [3.8, 4) is 0 Å². The van der Waals surface area contributed by atoms with Crippen molar-refractivity contribution in [2.75, 3.05) is 19.3 Å². The summed E-state index contributed by atoms with van der Waals surface area (Å²) in [7, 11) is -2.10. The molecule has 0 spiro atoms. The second kappa shape index (κ2) is 4.79. The number of aliphatic carboxylic acids is 1. The summed E-state index contributed by atoms with van der Waals surface area (Å²) >= 11 is 0. The maximum Gasteiger partial charge on any atom is 0.304 e. The Morgan fingerprint density at radius 2 is 2.25 bits per heavy atom. The fraction of sp³-hybridized carbons (Fsp3) is 0.750. The van der Waals surface area contributed by atoms with Crippen LogP contribution in [0.2, 0.25) is 0 Å². The quantitative estimate of drug-likeness (QED) is 0.625. The Morgan fingerprint density at radius 3 is 2.69 bits per heavy atom. The third-order valence-corrected chi connectivity index (χ3v) is 3.72. The van der Waals surface area contributed by atoms with Crippen molar-refractivity contribution in [2.45, 2.75) is 18.9 Å². The van der Waals surface area contributed by atoms with Crippen LogP contribution in [0.25, 0.3) is 0 Å². The molecule has 1 aliphatic rings. The highest BCUT2D eigenvalue weighted by Gasteiger charge is 2.32. The van der Waals surface area contributed by atoms with Crippen molar-refractivity contribution in [1.29, 1.82) is 0 Å². The van der Waals surface area contributed by atoms with Gasteiger partial charge in [0, 0.05) is 13.6 Å². The van der Waals surface area contributed by atoms with E-state index in [1.807, 2.05) is 0 Å². The number of nitrogens with one attached hydrogen (secondary N) is 1. The minimum atomic E-state index is -3.69. The fourth-order valence-corrected chi connectivity index (χ4v) is 2.64. The van der Waals surface area contributed by atoms with Gasteiger partial charge in [0.1, 0.15) is 6.04 Å². The van der Waals surface area contributed by atoms with Crippen LogP contribution in [0.1, 0.15) is 12.8 Å². The Hall–Kier alpha value is -1.15. The van der Waals surface area contributed by atoms with Crippen LogP contribution in [-0.4, -0.2) is 55.7 Å². The van der Waals surface area contributed by atoms with Gasteiger partial charge in [0.25, 0.3) is 0 Å². The molecule has 1 saturated heterocycles. The molecule has 0 bridgehead atoms. The van der Waals surface area contributed by atoms with Crippen LogP contribution in [0, 0.1) is 0 Å². The van der Waals surface area contributed by atoms with Gasteiger partial charge < -0.3 is 10.0 Å². The van der Waals surface area contributed by atoms with Gasteiger partial charge in [0.05, 0.1) is 12.2 Å². The van der Waals surface area contributed by atoms with Gasteiger partial charge in [-0.25, -0.2) is 13.1 Å². The van der Waals surface area contributed by atoms with E-state index in [1.54, 1.807) is 7.05 Å². The first-order chi connectivity index (χ1) is 7.32. The number of nitrogens with zero attached hydrogens (tertiary/aromatic N) is 1. The summed E-state index contributed by atoms with van der Waals surface area (Å²) in [5.41, 5.74) is 0. The van der Waals surface area contributed by atoms with Crippen molar-refractivity contribution in [3.63, 3.8) is 0 Å². The van der Waals surface area contributed by atoms with E-state index in [0.29, 0.717) is 13.0 Å². The largest absolute Gasteiger partial charge is 0.481 e. The van der Waals surface area contributed by atoms with Gasteiger partial charge in [-0.05, 0) is 6.42 Å². The molecule has 1 fully saturated rings. The second-order valence-corrected chi connectivity index (χ2v) is 5.55. The number of carboxylic acids is 1. The van der Waals surface area contributed by atoms with Crippen LogP contribution in [0.4, 0.5) is 0 Å². The number of sulfonamides is 1. The number of likely N-dealkylation sites (N-methyl/N-ethyl adjacent to an activating group) is 1. The molecular weight excluding hydrogens is 236 g/mol. The number of rotatable bonds is 5. The van der Waals surface area contributed by atoms with Gasteiger partial charge in [-0.1, -0.05) is 0 Å². The number of carbonyl (C=O) groups excluding carboxylic acids is 1. The predicted octanol–water partition coefficient (Wildman–Crippen LogP) is -1.39. The summed E-state index contributed by atoms with van der Waals surface area (Å²) < 4.78 is 25.0. The molecule has 0 aromatic heterocycles. The molecule has 0 radical (unpaired) electrons. The van der Waals surface area contributed by atoms with E-state index in [4.69, 9.17) is 5.11 Å². The van der Waals surface area contributed by atoms with E-state index < -0.39 is 34.2 Å². The lowest BCUT2D eigenvalue weighted by Gasteiger charge is -2.11. The average Bonchev–Trinajstić information content (AvgIpc) is 2.46. The molecular formula is C8H14N2O5S. The minimum Gasteiger partial charge on any atom is -0.481 e. The van der Waals surface area contributed by atoms with Crippen LogP contribution in [0.5, 0.6) is 0 Å². The fourth-order valence-electron chi connectivity index (χ4n) is 1.43. The van der Waals surface area contributed by atoms with Crippen LogP contribution in [0.15, 0.2) is 0 Å². The molecule has 0 aromatic rings. The highest BCUT2D eigenvalue weighted by Crippen LogP contribution is 2.09. The number of hydrogen-bond acceptors (Lipinski definition) is 4. The standard InChI is InChI=1S/C8H14N2O5S/c1-10-4-2-6(8(10)13)9-16(14,15)5-3-7(11)12/h6,9H,2-5H2,1H3,(H,11,12). The average molecular weight is 250 g/mol. The van der Waals surface area contributed by atoms with E-state index in [1.165, 1.54) is 4.90 Å². The first-order valence-corrected chi connectivity index (χ1v) is 6.44. The lowest BCUT2D eigenvalue weighted by molar-refractivity contribution is -0.136. The molecule has 1 unspecified atom stereocenters. The normalized spacial score (nSPS) is 21.4. The zero-order chi connectivity index (χ0) is 12.3. The highest BCUT2D eigenvalue weighted by molar-refractivity contribution is 7.89. The van der Waals surface area contributed by atoms with Crippen molar-refractivity contribution in [2.24, 2.45) is 0 Å². The Balaban J connectivity index is 2.53. The van der Waals surface area contributed by atoms with Gasteiger partial charge in [0.2, 0.25) is 15.9 Å². The monoisotopic (exact) mass is 250 g/mol. The second-order valence-electron chi connectivity index (χ2n) is 3.68. The summed E-state index contributed by atoms with van der Waals surface area (Å²) in [6.07, 6.45) is -0.0479. The third-order valence-electron chi connectivity index (χ3n) is 2.33. The van der Waals surface area contributed by atoms with Crippen molar-refractivity contribution in [3.05, 3.63) is 0 Å². The lowest BCUT2D eigenvalue weighted by Crippen LogP contribution is -2.41. The Bertz CT molecular complexity index is 391. The third kappa shape index (κ3) is 3.46. The molecule has 16 heavy (non-hydrogen) atoms. The number of carbonyl (C=O) groups is 2. The molecule has 8 heteroatoms. The molecule has 1 amide bonds. The van der Waals surface area contributed by atoms with Crippen molar-refractivity contribution < 1.29 is 23.1 Å². The molecule has 1 heterocycles. The van der Waals surface area contributed by atoms with Gasteiger partial charge in [-0.15, -0.1) is 0 Å². The summed E-state index contributed by atoms with van der Waals surface area (Å²) in [4.78, 5) is 23.1. The number of hydrogen-bond donors (Lipinski definition) is 2. The van der Waals surface area contributed by atoms with Crippen LogP contribution < -0.4 is 4.72 Å². The summed E-state index contributed by atoms with van der Waals surface area (Å²) in [6.45, 7) is 0.505. The lowest BCUT2D eigenvalue weighted by atomic mass is 10.3. The number of carboxylic acid groups (broad SMARTS) is 1. The molecule has 2 N–H and O–H groups in total. The molecule has 92 valence electrons. The van der Waals surface area contributed by atoms with E-state index >= 15 is 0 Å². The number of amides is 1. The van der Waals surface area contributed by atoms with Crippen LogP contribution >= 0.6 is 0 Å². The molecule has 1 atom stereocenters. The molecule has 0 aliphatic carbocycles. The van der Waals surface area contributed by atoms with E-state index in [0.717, 1.165) is 0 Å². The van der Waals surface area contributed by atoms with Gasteiger partial charge in [0.15, 0.2) is 0 Å². The molecule has 1 rings (SSSR count). The topological polar surface area (TPSA) is 104 Å². The molecule has 0 saturated carbocycles. The zero-order valence-electron chi connectivity index (χ0n) is 8.84. The van der Waals surface area contributed by atoms with Gasteiger partial charge >= 0.3 is 5.97 Å². The molecule has 1 aliphatic heterocycles. The van der Waals surface area contributed by atoms with Gasteiger partial charge in [-0.3, -0.25) is 9.59 Å². The van der Waals surface area contributed by atoms with Crippen molar-refractivity contribution in [1.82, 2.24) is 9.62 Å². The molecule has 0 aromatic carbocycles. The van der Waals surface area contributed by atoms with E-state index in [-0.39, 0.29) is 5.91 Å². The Morgan fingerprint density at radius 1 is 1.62 bits per heavy atom. The van der Waals surface area contributed by atoms with E-state index in [9.17, 15) is 18.0 Å². The maximum atomic E-state index is 11.4. The maximum absolute atomic E-state index is 11.4. The van der Waals surface area contributed by atoms with Gasteiger partial charge in [-0.2, -0.15) is 0 Å². The smallest absolute Gasteiger partial charge is 0.304 e. The molecule has 7 nitrogen and oxygen atoms in total. The highest BCUT2D eigenvalue weighted by atomic mass is 32.2. The van der Waals surface area contributed by atoms with Crippen LogP contribution in [0.3, 0.4) is 0 Å². The van der Waals surface area contributed by atoms with Crippen LogP contribution in [-0.2, 0) is 19.6 Å². The summed E-state index contributed by atoms with van der Waals surface area (Å²) in [5, 5.41) is 8.36. The zero-order valence-corrected chi connectivity index (χ0v) is 9.66.